The highest BCUT2D eigenvalue weighted by atomic mass is 16.5. The number of fused-ring (bicyclic) bond motifs is 1. The fourth-order valence-electron chi connectivity index (χ4n) is 3.48. The average Bonchev–Trinajstić information content (AvgIpc) is 3.23. The molecule has 6 nitrogen and oxygen atoms in total. The molecule has 1 aliphatic rings. The first-order valence-electron chi connectivity index (χ1n) is 9.30. The molecule has 0 bridgehead atoms. The number of rotatable bonds is 5. The van der Waals surface area contributed by atoms with Crippen LogP contribution in [0.15, 0.2) is 48.8 Å². The van der Waals surface area contributed by atoms with Crippen molar-refractivity contribution in [2.45, 2.75) is 19.8 Å². The smallest absolute Gasteiger partial charge is 0.261 e. The van der Waals surface area contributed by atoms with Gasteiger partial charge in [0, 0.05) is 30.9 Å². The van der Waals surface area contributed by atoms with Crippen LogP contribution in [0.25, 0.3) is 10.9 Å². The van der Waals surface area contributed by atoms with Gasteiger partial charge in [-0.15, -0.1) is 0 Å². The Morgan fingerprint density at radius 3 is 2.70 bits per heavy atom. The second-order valence-electron chi connectivity index (χ2n) is 6.47. The lowest BCUT2D eigenvalue weighted by molar-refractivity contribution is 0.102. The summed E-state index contributed by atoms with van der Waals surface area (Å²) in [5.74, 6) is 0.0965. The molecular formula is C21H22N4O2. The molecule has 1 fully saturated rings. The van der Waals surface area contributed by atoms with Gasteiger partial charge in [0.05, 0.1) is 23.5 Å². The third-order valence-corrected chi connectivity index (χ3v) is 4.74. The Hall–Kier alpha value is -3.15. The molecule has 0 radical (unpaired) electrons. The van der Waals surface area contributed by atoms with Crippen molar-refractivity contribution in [3.8, 4) is 5.88 Å². The van der Waals surface area contributed by atoms with Crippen LogP contribution in [0.1, 0.15) is 30.1 Å². The molecule has 1 N–H and O–H groups in total. The number of aromatic nitrogens is 2. The molecule has 1 aromatic carbocycles. The molecule has 3 aromatic rings. The number of anilines is 2. The van der Waals surface area contributed by atoms with Crippen molar-refractivity contribution < 1.29 is 9.53 Å². The number of benzene rings is 1. The molecule has 2 aromatic heterocycles. The predicted molar refractivity (Wildman–Crippen MR) is 107 cm³/mol. The molecule has 1 saturated heterocycles. The van der Waals surface area contributed by atoms with E-state index in [9.17, 15) is 4.79 Å². The largest absolute Gasteiger partial charge is 0.477 e. The van der Waals surface area contributed by atoms with Crippen LogP contribution in [0.5, 0.6) is 5.88 Å². The second-order valence-corrected chi connectivity index (χ2v) is 6.47. The second kappa shape index (κ2) is 7.61. The first kappa shape index (κ1) is 17.3. The van der Waals surface area contributed by atoms with Gasteiger partial charge in [-0.1, -0.05) is 0 Å². The van der Waals surface area contributed by atoms with Gasteiger partial charge < -0.3 is 15.0 Å². The number of hydrogen-bond donors (Lipinski definition) is 1. The molecule has 0 unspecified atom stereocenters. The molecule has 6 heteroatoms. The van der Waals surface area contributed by atoms with Crippen LogP contribution in [0.4, 0.5) is 11.4 Å². The van der Waals surface area contributed by atoms with Crippen molar-refractivity contribution in [2.24, 2.45) is 0 Å². The van der Waals surface area contributed by atoms with Crippen molar-refractivity contribution in [1.29, 1.82) is 0 Å². The number of amides is 1. The third-order valence-electron chi connectivity index (χ3n) is 4.74. The van der Waals surface area contributed by atoms with Gasteiger partial charge in [-0.25, -0.2) is 4.98 Å². The lowest BCUT2D eigenvalue weighted by Gasteiger charge is -2.20. The zero-order valence-corrected chi connectivity index (χ0v) is 15.3. The van der Waals surface area contributed by atoms with Crippen molar-refractivity contribution in [3.63, 3.8) is 0 Å². The Morgan fingerprint density at radius 1 is 1.11 bits per heavy atom. The van der Waals surface area contributed by atoms with Crippen molar-refractivity contribution in [3.05, 3.63) is 54.4 Å². The highest BCUT2D eigenvalue weighted by Crippen LogP contribution is 2.33. The van der Waals surface area contributed by atoms with E-state index in [0.717, 1.165) is 35.4 Å². The van der Waals surface area contributed by atoms with E-state index in [0.29, 0.717) is 18.1 Å². The van der Waals surface area contributed by atoms with Gasteiger partial charge in [0.1, 0.15) is 5.56 Å². The summed E-state index contributed by atoms with van der Waals surface area (Å²) in [4.78, 5) is 23.9. The van der Waals surface area contributed by atoms with Crippen molar-refractivity contribution >= 4 is 28.2 Å². The van der Waals surface area contributed by atoms with Gasteiger partial charge in [-0.05, 0) is 56.2 Å². The lowest BCUT2D eigenvalue weighted by atomic mass is 10.1. The van der Waals surface area contributed by atoms with Crippen LogP contribution in [0, 0.1) is 0 Å². The first-order valence-corrected chi connectivity index (χ1v) is 9.30. The molecule has 0 aliphatic carbocycles. The summed E-state index contributed by atoms with van der Waals surface area (Å²) in [6, 6.07) is 11.3. The van der Waals surface area contributed by atoms with E-state index in [1.54, 1.807) is 24.5 Å². The fraction of sp³-hybridized carbons (Fsp3) is 0.286. The zero-order chi connectivity index (χ0) is 18.6. The number of carbonyl (C=O) groups is 1. The Bertz CT molecular complexity index is 967. The molecule has 0 atom stereocenters. The standard InChI is InChI=1S/C21H22N4O2/c1-2-27-21-16(8-6-12-23-21)20(26)24-17-9-10-18(25-13-3-4-14-25)19-15(17)7-5-11-22-19/h5-12H,2-4,13-14H2,1H3,(H,24,26). The van der Waals surface area contributed by atoms with Gasteiger partial charge in [-0.2, -0.15) is 0 Å². The SMILES string of the molecule is CCOc1ncccc1C(=O)Nc1ccc(N2CCCC2)c2ncccc12. The summed E-state index contributed by atoms with van der Waals surface area (Å²) >= 11 is 0. The van der Waals surface area contributed by atoms with Crippen LogP contribution in [-0.2, 0) is 0 Å². The van der Waals surface area contributed by atoms with E-state index >= 15 is 0 Å². The third kappa shape index (κ3) is 3.43. The van der Waals surface area contributed by atoms with E-state index in [1.165, 1.54) is 12.8 Å². The molecular weight excluding hydrogens is 340 g/mol. The van der Waals surface area contributed by atoms with E-state index in [-0.39, 0.29) is 5.91 Å². The van der Waals surface area contributed by atoms with Gasteiger partial charge in [0.2, 0.25) is 5.88 Å². The van der Waals surface area contributed by atoms with Gasteiger partial charge >= 0.3 is 0 Å². The van der Waals surface area contributed by atoms with Gasteiger partial charge in [0.25, 0.3) is 5.91 Å². The molecule has 1 aliphatic heterocycles. The summed E-state index contributed by atoms with van der Waals surface area (Å²) in [5, 5.41) is 3.93. The Labute approximate surface area is 158 Å². The minimum absolute atomic E-state index is 0.245. The van der Waals surface area contributed by atoms with E-state index in [4.69, 9.17) is 4.74 Å². The number of nitrogens with one attached hydrogen (secondary N) is 1. The van der Waals surface area contributed by atoms with Crippen LogP contribution >= 0.6 is 0 Å². The van der Waals surface area contributed by atoms with Crippen LogP contribution < -0.4 is 15.0 Å². The summed E-state index contributed by atoms with van der Waals surface area (Å²) < 4.78 is 5.48. The number of carbonyl (C=O) groups excluding carboxylic acids is 1. The normalized spacial score (nSPS) is 13.7. The van der Waals surface area contributed by atoms with E-state index < -0.39 is 0 Å². The highest BCUT2D eigenvalue weighted by molar-refractivity contribution is 6.11. The van der Waals surface area contributed by atoms with Crippen molar-refractivity contribution in [2.75, 3.05) is 29.9 Å². The van der Waals surface area contributed by atoms with Gasteiger partial charge in [0.15, 0.2) is 0 Å². The van der Waals surface area contributed by atoms with Gasteiger partial charge in [-0.3, -0.25) is 9.78 Å². The summed E-state index contributed by atoms with van der Waals surface area (Å²) in [6.07, 6.45) is 5.82. The van der Waals surface area contributed by atoms with E-state index in [2.05, 4.69) is 20.2 Å². The first-order chi connectivity index (χ1) is 13.3. The topological polar surface area (TPSA) is 67.3 Å². The monoisotopic (exact) mass is 362 g/mol. The van der Waals surface area contributed by atoms with Crippen LogP contribution in [0.2, 0.25) is 0 Å². The number of ether oxygens (including phenoxy) is 1. The number of pyridine rings is 2. The summed E-state index contributed by atoms with van der Waals surface area (Å²) in [5.41, 5.74) is 3.18. The highest BCUT2D eigenvalue weighted by Gasteiger charge is 2.19. The maximum Gasteiger partial charge on any atom is 0.261 e. The molecule has 0 spiro atoms. The molecule has 4 rings (SSSR count). The Kier molecular flexibility index (Phi) is 4.87. The maximum absolute atomic E-state index is 12.8. The van der Waals surface area contributed by atoms with E-state index in [1.807, 2.05) is 31.2 Å². The lowest BCUT2D eigenvalue weighted by Crippen LogP contribution is -2.19. The quantitative estimate of drug-likeness (QED) is 0.746. The summed E-state index contributed by atoms with van der Waals surface area (Å²) in [7, 11) is 0. The molecule has 138 valence electrons. The minimum atomic E-state index is -0.245. The number of hydrogen-bond acceptors (Lipinski definition) is 5. The molecule has 27 heavy (non-hydrogen) atoms. The molecule has 1 amide bonds. The minimum Gasteiger partial charge on any atom is -0.477 e. The zero-order valence-electron chi connectivity index (χ0n) is 15.3. The maximum atomic E-state index is 12.8. The Morgan fingerprint density at radius 2 is 1.89 bits per heavy atom. The average molecular weight is 362 g/mol. The number of nitrogens with zero attached hydrogens (tertiary/aromatic N) is 3. The predicted octanol–water partition coefficient (Wildman–Crippen LogP) is 3.88. The van der Waals surface area contributed by atoms with Crippen molar-refractivity contribution in [1.82, 2.24) is 9.97 Å². The fourth-order valence-corrected chi connectivity index (χ4v) is 3.48. The summed E-state index contributed by atoms with van der Waals surface area (Å²) in [6.45, 7) is 4.41. The Balaban J connectivity index is 1.69. The van der Waals surface area contributed by atoms with Crippen LogP contribution in [0.3, 0.4) is 0 Å². The van der Waals surface area contributed by atoms with Crippen LogP contribution in [-0.4, -0.2) is 35.6 Å². The molecule has 0 saturated carbocycles. The molecule has 3 heterocycles.